The number of hydrogen-bond donors (Lipinski definition) is 0. The third kappa shape index (κ3) is 4.75. The van der Waals surface area contributed by atoms with Crippen LogP contribution in [0.2, 0.25) is 0 Å². The second-order valence-electron chi connectivity index (χ2n) is 8.14. The Kier molecular flexibility index (Phi) is 6.86. The molecule has 4 heteroatoms. The second-order valence-corrected chi connectivity index (χ2v) is 8.14. The summed E-state index contributed by atoms with van der Waals surface area (Å²) in [6.07, 6.45) is -0.785. The first kappa shape index (κ1) is 23.1. The van der Waals surface area contributed by atoms with Crippen LogP contribution >= 0.6 is 0 Å². The molecule has 0 saturated carbocycles. The van der Waals surface area contributed by atoms with Gasteiger partial charge in [0.15, 0.2) is 0 Å². The fraction of sp³-hybridized carbons (Fsp3) is 0.0625. The maximum absolute atomic E-state index is 12.6. The van der Waals surface area contributed by atoms with E-state index in [0.29, 0.717) is 0 Å². The molecule has 5 rings (SSSR count). The second kappa shape index (κ2) is 10.7. The van der Waals surface area contributed by atoms with Crippen molar-refractivity contribution in [3.05, 3.63) is 121 Å². The summed E-state index contributed by atoms with van der Waals surface area (Å²) in [4.78, 5) is 17.5. The fourth-order valence-electron chi connectivity index (χ4n) is 4.32. The molecule has 0 amide bonds. The lowest BCUT2D eigenvalue weighted by Crippen LogP contribution is -2.13. The number of pyridine rings is 1. The molecule has 36 heavy (non-hydrogen) atoms. The summed E-state index contributed by atoms with van der Waals surface area (Å²) in [5.74, 6) is 0.206. The first-order valence-corrected chi connectivity index (χ1v) is 11.9. The summed E-state index contributed by atoms with van der Waals surface area (Å²) >= 11 is 0. The van der Waals surface area contributed by atoms with Crippen molar-refractivity contribution in [1.82, 2.24) is 4.98 Å². The Morgan fingerprint density at radius 1 is 0.583 bits per heavy atom. The van der Waals surface area contributed by atoms with Crippen LogP contribution in [0.5, 0.6) is 5.88 Å². The van der Waals surface area contributed by atoms with Gasteiger partial charge in [-0.25, -0.2) is 9.78 Å². The highest BCUT2D eigenvalue weighted by atomic mass is 16.7. The number of aromatic nitrogens is 1. The van der Waals surface area contributed by atoms with Crippen LogP contribution < -0.4 is 4.74 Å². The molecule has 0 spiro atoms. The summed E-state index contributed by atoms with van der Waals surface area (Å²) in [5.41, 5.74) is 7.16. The van der Waals surface area contributed by atoms with E-state index in [9.17, 15) is 4.79 Å². The maximum atomic E-state index is 12.6. The minimum Gasteiger partial charge on any atom is -0.434 e. The van der Waals surface area contributed by atoms with Crippen LogP contribution in [0.4, 0.5) is 4.79 Å². The van der Waals surface area contributed by atoms with E-state index in [4.69, 9.17) is 14.5 Å². The van der Waals surface area contributed by atoms with Crippen molar-refractivity contribution in [2.45, 2.75) is 6.92 Å². The molecule has 176 valence electrons. The van der Waals surface area contributed by atoms with Crippen LogP contribution in [0.15, 0.2) is 121 Å². The van der Waals surface area contributed by atoms with Gasteiger partial charge < -0.3 is 9.47 Å². The van der Waals surface area contributed by atoms with E-state index >= 15 is 0 Å². The monoisotopic (exact) mass is 471 g/mol. The summed E-state index contributed by atoms with van der Waals surface area (Å²) in [6.45, 7) is 1.95. The van der Waals surface area contributed by atoms with E-state index in [-0.39, 0.29) is 12.5 Å². The van der Waals surface area contributed by atoms with Crippen molar-refractivity contribution in [3.8, 4) is 50.5 Å². The highest BCUT2D eigenvalue weighted by Crippen LogP contribution is 2.48. The molecule has 5 aromatic rings. The first-order valence-electron chi connectivity index (χ1n) is 11.9. The van der Waals surface area contributed by atoms with Gasteiger partial charge in [0, 0.05) is 16.7 Å². The number of rotatable bonds is 6. The molecule has 1 aromatic heterocycles. The average Bonchev–Trinajstić information content (AvgIpc) is 2.94. The highest BCUT2D eigenvalue weighted by Gasteiger charge is 2.26. The summed E-state index contributed by atoms with van der Waals surface area (Å²) in [5, 5.41) is 0. The van der Waals surface area contributed by atoms with Gasteiger partial charge in [-0.2, -0.15) is 0 Å². The molecule has 0 bridgehead atoms. The highest BCUT2D eigenvalue weighted by molar-refractivity contribution is 6.02. The largest absolute Gasteiger partial charge is 0.515 e. The zero-order valence-electron chi connectivity index (χ0n) is 19.9. The van der Waals surface area contributed by atoms with Gasteiger partial charge in [0.05, 0.1) is 17.9 Å². The molecule has 4 nitrogen and oxygen atoms in total. The van der Waals surface area contributed by atoms with E-state index in [2.05, 4.69) is 24.3 Å². The fourth-order valence-corrected chi connectivity index (χ4v) is 4.32. The first-order chi connectivity index (χ1) is 17.8. The maximum Gasteiger partial charge on any atom is 0.515 e. The normalized spacial score (nSPS) is 10.6. The van der Waals surface area contributed by atoms with Crippen LogP contribution in [0.25, 0.3) is 44.6 Å². The van der Waals surface area contributed by atoms with Gasteiger partial charge in [0.25, 0.3) is 0 Å². The molecule has 1 heterocycles. The Hall–Kier alpha value is -4.70. The molecule has 4 aromatic carbocycles. The lowest BCUT2D eigenvalue weighted by atomic mass is 9.86. The van der Waals surface area contributed by atoms with Crippen LogP contribution in [0.3, 0.4) is 0 Å². The molecular formula is C32H25NO3. The van der Waals surface area contributed by atoms with Crippen LogP contribution in [-0.2, 0) is 4.74 Å². The smallest absolute Gasteiger partial charge is 0.434 e. The number of benzene rings is 4. The Morgan fingerprint density at radius 2 is 1.00 bits per heavy atom. The van der Waals surface area contributed by atoms with E-state index in [1.165, 1.54) is 0 Å². The van der Waals surface area contributed by atoms with Crippen molar-refractivity contribution < 1.29 is 14.3 Å². The lowest BCUT2D eigenvalue weighted by Gasteiger charge is -2.22. The van der Waals surface area contributed by atoms with Gasteiger partial charge in [-0.1, -0.05) is 121 Å². The van der Waals surface area contributed by atoms with Crippen LogP contribution in [0, 0.1) is 0 Å². The molecule has 0 aliphatic heterocycles. The van der Waals surface area contributed by atoms with Gasteiger partial charge in [0.1, 0.15) is 0 Å². The Bertz CT molecular complexity index is 1450. The molecule has 0 radical (unpaired) electrons. The third-order valence-corrected chi connectivity index (χ3v) is 5.84. The molecule has 0 aliphatic carbocycles. The topological polar surface area (TPSA) is 48.4 Å². The van der Waals surface area contributed by atoms with Gasteiger partial charge in [-0.15, -0.1) is 0 Å². The Morgan fingerprint density at radius 3 is 1.47 bits per heavy atom. The third-order valence-electron chi connectivity index (χ3n) is 5.84. The Labute approximate surface area is 210 Å². The van der Waals surface area contributed by atoms with Gasteiger partial charge in [0.2, 0.25) is 5.88 Å². The summed E-state index contributed by atoms with van der Waals surface area (Å²) in [6, 6.07) is 40.2. The molecule has 0 N–H and O–H groups in total. The van der Waals surface area contributed by atoms with Crippen molar-refractivity contribution >= 4 is 6.16 Å². The number of hydrogen-bond acceptors (Lipinski definition) is 4. The zero-order chi connectivity index (χ0) is 24.7. The molecule has 0 unspecified atom stereocenters. The number of carbonyl (C=O) groups excluding carboxylic acids is 1. The van der Waals surface area contributed by atoms with Crippen molar-refractivity contribution in [2.24, 2.45) is 0 Å². The van der Waals surface area contributed by atoms with Gasteiger partial charge in [-0.3, -0.25) is 0 Å². The van der Waals surface area contributed by atoms with Gasteiger partial charge in [-0.05, 0) is 23.6 Å². The number of carbonyl (C=O) groups is 1. The molecule has 0 atom stereocenters. The van der Waals surface area contributed by atoms with E-state index in [0.717, 1.165) is 44.6 Å². The SMILES string of the molecule is CCOC(=O)Oc1nc(-c2ccccc2)c(-c2ccccc2)c(-c2ccccc2)c1-c1ccccc1. The van der Waals surface area contributed by atoms with Crippen LogP contribution in [0.1, 0.15) is 6.92 Å². The standard InChI is InChI=1S/C32H25NO3/c1-2-35-32(34)36-31-29(25-19-11-5-12-20-25)27(23-15-7-3-8-16-23)28(24-17-9-4-10-18-24)30(33-31)26-21-13-6-14-22-26/h3-22H,2H2,1H3. The predicted octanol–water partition coefficient (Wildman–Crippen LogP) is 8.28. The Balaban J connectivity index is 1.94. The average molecular weight is 472 g/mol. The van der Waals surface area contributed by atoms with E-state index in [1.807, 2.05) is 97.1 Å². The molecule has 0 aliphatic rings. The molecule has 0 saturated heterocycles. The number of nitrogens with zero attached hydrogens (tertiary/aromatic N) is 1. The quantitative estimate of drug-likeness (QED) is 0.234. The minimum absolute atomic E-state index is 0.206. The number of ether oxygens (including phenoxy) is 2. The molecule has 0 fully saturated rings. The lowest BCUT2D eigenvalue weighted by molar-refractivity contribution is 0.103. The molecular weight excluding hydrogens is 446 g/mol. The van der Waals surface area contributed by atoms with E-state index in [1.54, 1.807) is 6.92 Å². The zero-order valence-corrected chi connectivity index (χ0v) is 19.9. The minimum atomic E-state index is -0.785. The van der Waals surface area contributed by atoms with Gasteiger partial charge >= 0.3 is 6.16 Å². The van der Waals surface area contributed by atoms with E-state index < -0.39 is 6.16 Å². The van der Waals surface area contributed by atoms with Crippen LogP contribution in [-0.4, -0.2) is 17.7 Å². The predicted molar refractivity (Wildman–Crippen MR) is 144 cm³/mol. The van der Waals surface area contributed by atoms with Crippen molar-refractivity contribution in [1.29, 1.82) is 0 Å². The summed E-state index contributed by atoms with van der Waals surface area (Å²) < 4.78 is 10.9. The van der Waals surface area contributed by atoms with Crippen molar-refractivity contribution in [2.75, 3.05) is 6.61 Å². The summed E-state index contributed by atoms with van der Waals surface area (Å²) in [7, 11) is 0. The van der Waals surface area contributed by atoms with Crippen molar-refractivity contribution in [3.63, 3.8) is 0 Å².